The third-order valence-electron chi connectivity index (χ3n) is 5.88. The van der Waals surface area contributed by atoms with Gasteiger partial charge >= 0.3 is 6.09 Å². The maximum atomic E-state index is 14.1. The summed E-state index contributed by atoms with van der Waals surface area (Å²) in [5.41, 5.74) is 2.59. The molecule has 7 heteroatoms. The van der Waals surface area contributed by atoms with Crippen LogP contribution in [0.1, 0.15) is 77.6 Å². The SMILES string of the molecule is Cc1cccc(C)c1NC(=O)C(c1ccccc1)N(C(=O)C(CC(C)C)NC(=O)OC(C)(C)C)C(C)C. The average Bonchev–Trinajstić information content (AvgIpc) is 2.77. The van der Waals surface area contributed by atoms with E-state index in [1.54, 1.807) is 25.7 Å². The lowest BCUT2D eigenvalue weighted by molar-refractivity contribution is -0.143. The minimum atomic E-state index is -0.900. The summed E-state index contributed by atoms with van der Waals surface area (Å²) >= 11 is 0. The normalized spacial score (nSPS) is 13.2. The van der Waals surface area contributed by atoms with Gasteiger partial charge in [0, 0.05) is 11.7 Å². The number of anilines is 1. The van der Waals surface area contributed by atoms with E-state index < -0.39 is 23.8 Å². The molecular weight excluding hydrogens is 466 g/mol. The van der Waals surface area contributed by atoms with Crippen molar-refractivity contribution in [2.75, 3.05) is 5.32 Å². The van der Waals surface area contributed by atoms with Crippen molar-refractivity contribution >= 4 is 23.6 Å². The Morgan fingerprint density at radius 2 is 1.46 bits per heavy atom. The molecule has 202 valence electrons. The first-order chi connectivity index (χ1) is 17.2. The van der Waals surface area contributed by atoms with Crippen molar-refractivity contribution in [2.24, 2.45) is 5.92 Å². The first kappa shape index (κ1) is 29.9. The first-order valence-electron chi connectivity index (χ1n) is 12.9. The summed E-state index contributed by atoms with van der Waals surface area (Å²) in [6, 6.07) is 13.0. The Morgan fingerprint density at radius 3 is 1.95 bits per heavy atom. The summed E-state index contributed by atoms with van der Waals surface area (Å²) in [4.78, 5) is 42.2. The summed E-state index contributed by atoms with van der Waals surface area (Å²) in [5.74, 6) is -0.525. The van der Waals surface area contributed by atoms with Gasteiger partial charge in [0.25, 0.3) is 5.91 Å². The Hall–Kier alpha value is -3.35. The zero-order valence-corrected chi connectivity index (χ0v) is 23.7. The molecule has 2 aromatic carbocycles. The quantitative estimate of drug-likeness (QED) is 0.424. The molecule has 0 saturated carbocycles. The lowest BCUT2D eigenvalue weighted by Gasteiger charge is -2.37. The van der Waals surface area contributed by atoms with Gasteiger partial charge in [-0.2, -0.15) is 0 Å². The largest absolute Gasteiger partial charge is 0.444 e. The number of alkyl carbamates (subject to hydrolysis) is 1. The van der Waals surface area contributed by atoms with Crippen LogP contribution in [0.4, 0.5) is 10.5 Å². The van der Waals surface area contributed by atoms with E-state index in [0.717, 1.165) is 16.8 Å². The standard InChI is InChI=1S/C30H43N3O4/c1-19(2)18-24(31-29(36)37-30(7,8)9)28(35)33(20(3)4)26(23-16-11-10-12-17-23)27(34)32-25-21(5)14-13-15-22(25)6/h10-17,19-20,24,26H,18H2,1-9H3,(H,31,36)(H,32,34). The number of amides is 3. The Bertz CT molecular complexity index is 1050. The van der Waals surface area contributed by atoms with Gasteiger partial charge in [-0.15, -0.1) is 0 Å². The van der Waals surface area contributed by atoms with E-state index in [9.17, 15) is 14.4 Å². The second-order valence-corrected chi connectivity index (χ2v) is 11.2. The number of carbonyl (C=O) groups is 3. The smallest absolute Gasteiger partial charge is 0.408 e. The minimum Gasteiger partial charge on any atom is -0.444 e. The zero-order chi connectivity index (χ0) is 27.9. The van der Waals surface area contributed by atoms with E-state index in [4.69, 9.17) is 4.74 Å². The molecule has 0 bridgehead atoms. The maximum absolute atomic E-state index is 14.1. The molecule has 2 unspecified atom stereocenters. The molecule has 0 heterocycles. The summed E-state index contributed by atoms with van der Waals surface area (Å²) in [5, 5.41) is 5.84. The fourth-order valence-corrected chi connectivity index (χ4v) is 4.28. The molecule has 0 aliphatic carbocycles. The highest BCUT2D eigenvalue weighted by Gasteiger charge is 2.38. The Balaban J connectivity index is 2.51. The van der Waals surface area contributed by atoms with Crippen LogP contribution in [0.15, 0.2) is 48.5 Å². The van der Waals surface area contributed by atoms with Crippen LogP contribution in [-0.2, 0) is 14.3 Å². The lowest BCUT2D eigenvalue weighted by Crippen LogP contribution is -2.54. The van der Waals surface area contributed by atoms with Crippen LogP contribution in [0.5, 0.6) is 0 Å². The molecule has 3 amide bonds. The van der Waals surface area contributed by atoms with Crippen LogP contribution < -0.4 is 10.6 Å². The molecule has 0 fully saturated rings. The fraction of sp³-hybridized carbons (Fsp3) is 0.500. The highest BCUT2D eigenvalue weighted by Crippen LogP contribution is 2.29. The van der Waals surface area contributed by atoms with Gasteiger partial charge in [-0.25, -0.2) is 4.79 Å². The predicted molar refractivity (Wildman–Crippen MR) is 148 cm³/mol. The van der Waals surface area contributed by atoms with Crippen LogP contribution in [0.25, 0.3) is 0 Å². The van der Waals surface area contributed by atoms with Crippen LogP contribution in [0.3, 0.4) is 0 Å². The number of hydrogen-bond donors (Lipinski definition) is 2. The Morgan fingerprint density at radius 1 is 0.892 bits per heavy atom. The van der Waals surface area contributed by atoms with E-state index in [0.29, 0.717) is 12.0 Å². The molecule has 7 nitrogen and oxygen atoms in total. The highest BCUT2D eigenvalue weighted by atomic mass is 16.6. The molecule has 2 N–H and O–H groups in total. The molecule has 0 aliphatic rings. The molecule has 37 heavy (non-hydrogen) atoms. The van der Waals surface area contributed by atoms with Gasteiger partial charge in [-0.1, -0.05) is 62.4 Å². The average molecular weight is 510 g/mol. The number of para-hydroxylation sites is 1. The highest BCUT2D eigenvalue weighted by molar-refractivity contribution is 6.00. The monoisotopic (exact) mass is 509 g/mol. The van der Waals surface area contributed by atoms with Gasteiger partial charge in [0.2, 0.25) is 5.91 Å². The summed E-state index contributed by atoms with van der Waals surface area (Å²) in [7, 11) is 0. The van der Waals surface area contributed by atoms with Gasteiger partial charge < -0.3 is 20.3 Å². The zero-order valence-electron chi connectivity index (χ0n) is 23.7. The van der Waals surface area contributed by atoms with E-state index >= 15 is 0 Å². The predicted octanol–water partition coefficient (Wildman–Crippen LogP) is 6.16. The molecule has 0 aromatic heterocycles. The molecule has 2 aromatic rings. The van der Waals surface area contributed by atoms with Crippen molar-refractivity contribution in [3.63, 3.8) is 0 Å². The molecule has 2 rings (SSSR count). The molecule has 0 spiro atoms. The topological polar surface area (TPSA) is 87.7 Å². The van der Waals surface area contributed by atoms with Gasteiger partial charge in [0.1, 0.15) is 17.7 Å². The number of hydrogen-bond acceptors (Lipinski definition) is 4. The van der Waals surface area contributed by atoms with Crippen LogP contribution in [-0.4, -0.2) is 40.5 Å². The number of nitrogens with zero attached hydrogens (tertiary/aromatic N) is 1. The van der Waals surface area contributed by atoms with E-state index in [1.807, 2.05) is 90.1 Å². The van der Waals surface area contributed by atoms with Crippen LogP contribution in [0.2, 0.25) is 0 Å². The summed E-state index contributed by atoms with van der Waals surface area (Å²) in [6.07, 6.45) is -0.257. The van der Waals surface area contributed by atoms with E-state index in [-0.39, 0.29) is 23.8 Å². The van der Waals surface area contributed by atoms with Gasteiger partial charge in [-0.05, 0) is 77.5 Å². The fourth-order valence-electron chi connectivity index (χ4n) is 4.28. The van der Waals surface area contributed by atoms with Gasteiger partial charge in [0.05, 0.1) is 0 Å². The number of ether oxygens (including phenoxy) is 1. The molecule has 0 aliphatic heterocycles. The summed E-state index contributed by atoms with van der Waals surface area (Å²) < 4.78 is 5.44. The number of aryl methyl sites for hydroxylation is 2. The van der Waals surface area contributed by atoms with E-state index in [1.165, 1.54) is 0 Å². The molecule has 0 radical (unpaired) electrons. The van der Waals surface area contributed by atoms with Crippen molar-refractivity contribution in [1.82, 2.24) is 10.2 Å². The second-order valence-electron chi connectivity index (χ2n) is 11.2. The van der Waals surface area contributed by atoms with Crippen molar-refractivity contribution < 1.29 is 19.1 Å². The van der Waals surface area contributed by atoms with Crippen molar-refractivity contribution in [2.45, 2.75) is 92.5 Å². The van der Waals surface area contributed by atoms with Crippen LogP contribution >= 0.6 is 0 Å². The Labute approximate surface area is 222 Å². The number of carbonyl (C=O) groups excluding carboxylic acids is 3. The van der Waals surface area contributed by atoms with Gasteiger partial charge in [-0.3, -0.25) is 9.59 Å². The van der Waals surface area contributed by atoms with E-state index in [2.05, 4.69) is 10.6 Å². The second kappa shape index (κ2) is 12.7. The third kappa shape index (κ3) is 8.62. The lowest BCUT2D eigenvalue weighted by atomic mass is 9.97. The molecule has 0 saturated heterocycles. The maximum Gasteiger partial charge on any atom is 0.408 e. The first-order valence-corrected chi connectivity index (χ1v) is 12.9. The molecule has 2 atom stereocenters. The third-order valence-corrected chi connectivity index (χ3v) is 5.88. The minimum absolute atomic E-state index is 0.122. The van der Waals surface area contributed by atoms with Crippen molar-refractivity contribution in [3.05, 3.63) is 65.2 Å². The Kier molecular flexibility index (Phi) is 10.3. The number of rotatable bonds is 9. The van der Waals surface area contributed by atoms with Crippen molar-refractivity contribution in [3.8, 4) is 0 Å². The summed E-state index contributed by atoms with van der Waals surface area (Å²) in [6.45, 7) is 16.9. The van der Waals surface area contributed by atoms with Crippen LogP contribution in [0, 0.1) is 19.8 Å². The molecular formula is C30H43N3O4. The van der Waals surface area contributed by atoms with Gasteiger partial charge in [0.15, 0.2) is 0 Å². The van der Waals surface area contributed by atoms with Crippen molar-refractivity contribution in [1.29, 1.82) is 0 Å². The number of benzene rings is 2. The number of nitrogens with one attached hydrogen (secondary N) is 2.